The first-order chi connectivity index (χ1) is 9.24. The Balaban J connectivity index is 1.87. The van der Waals surface area contributed by atoms with E-state index in [1.54, 1.807) is 0 Å². The maximum Gasteiger partial charge on any atom is 0.259 e. The van der Waals surface area contributed by atoms with Crippen molar-refractivity contribution in [1.82, 2.24) is 15.5 Å². The molecule has 1 unspecified atom stereocenters. The second-order valence-electron chi connectivity index (χ2n) is 4.98. The Morgan fingerprint density at radius 3 is 3.05 bits per heavy atom. The van der Waals surface area contributed by atoms with E-state index in [1.165, 1.54) is 0 Å². The highest BCUT2D eigenvalue weighted by Crippen LogP contribution is 2.29. The van der Waals surface area contributed by atoms with Gasteiger partial charge in [-0.2, -0.15) is 4.98 Å². The molecule has 1 aromatic carbocycles. The SMILES string of the molecule is Cc1ccc(-c2nc(C3CCCNC3)no2)c(Cl)c1. The Morgan fingerprint density at radius 1 is 1.42 bits per heavy atom. The van der Waals surface area contributed by atoms with Gasteiger partial charge in [0.05, 0.1) is 10.6 Å². The molecule has 1 N–H and O–H groups in total. The first-order valence-corrected chi connectivity index (χ1v) is 6.92. The fourth-order valence-electron chi connectivity index (χ4n) is 2.38. The third-order valence-corrected chi connectivity index (χ3v) is 3.77. The number of aromatic nitrogens is 2. The molecule has 1 fully saturated rings. The van der Waals surface area contributed by atoms with E-state index >= 15 is 0 Å². The van der Waals surface area contributed by atoms with Crippen molar-refractivity contribution >= 4 is 11.6 Å². The molecule has 0 bridgehead atoms. The fourth-order valence-corrected chi connectivity index (χ4v) is 2.69. The Hall–Kier alpha value is -1.39. The molecule has 0 amide bonds. The zero-order valence-corrected chi connectivity index (χ0v) is 11.6. The number of nitrogens with zero attached hydrogens (tertiary/aromatic N) is 2. The van der Waals surface area contributed by atoms with E-state index in [4.69, 9.17) is 16.1 Å². The third-order valence-electron chi connectivity index (χ3n) is 3.46. The van der Waals surface area contributed by atoms with Crippen molar-refractivity contribution < 1.29 is 4.52 Å². The minimum absolute atomic E-state index is 0.343. The van der Waals surface area contributed by atoms with Gasteiger partial charge in [0.2, 0.25) is 0 Å². The molecule has 2 heterocycles. The molecule has 3 rings (SSSR count). The van der Waals surface area contributed by atoms with E-state index in [0.717, 1.165) is 42.9 Å². The van der Waals surface area contributed by atoms with Crippen LogP contribution in [0.15, 0.2) is 22.7 Å². The van der Waals surface area contributed by atoms with Crippen molar-refractivity contribution in [2.75, 3.05) is 13.1 Å². The Bertz CT molecular complexity index is 576. The molecule has 0 aliphatic carbocycles. The van der Waals surface area contributed by atoms with Crippen molar-refractivity contribution in [3.8, 4) is 11.5 Å². The van der Waals surface area contributed by atoms with Gasteiger partial charge in [0.25, 0.3) is 5.89 Å². The number of hydrogen-bond donors (Lipinski definition) is 1. The second-order valence-corrected chi connectivity index (χ2v) is 5.39. The van der Waals surface area contributed by atoms with E-state index in [2.05, 4.69) is 15.5 Å². The molecule has 0 radical (unpaired) electrons. The van der Waals surface area contributed by atoms with Crippen LogP contribution in [-0.2, 0) is 0 Å². The summed E-state index contributed by atoms with van der Waals surface area (Å²) in [5, 5.41) is 8.10. The molecule has 100 valence electrons. The van der Waals surface area contributed by atoms with Crippen LogP contribution in [0.2, 0.25) is 5.02 Å². The molecular weight excluding hydrogens is 262 g/mol. The minimum atomic E-state index is 0.343. The van der Waals surface area contributed by atoms with Gasteiger partial charge in [0, 0.05) is 12.5 Å². The summed E-state index contributed by atoms with van der Waals surface area (Å²) in [4.78, 5) is 4.49. The van der Waals surface area contributed by atoms with Crippen molar-refractivity contribution in [1.29, 1.82) is 0 Å². The molecular formula is C14H16ClN3O. The van der Waals surface area contributed by atoms with E-state index in [1.807, 2.05) is 25.1 Å². The summed E-state index contributed by atoms with van der Waals surface area (Å²) in [6.07, 6.45) is 2.26. The van der Waals surface area contributed by atoms with Crippen LogP contribution in [0.1, 0.15) is 30.1 Å². The van der Waals surface area contributed by atoms with Gasteiger partial charge in [-0.15, -0.1) is 0 Å². The number of hydrogen-bond acceptors (Lipinski definition) is 4. The van der Waals surface area contributed by atoms with Crippen LogP contribution in [0, 0.1) is 6.92 Å². The number of aryl methyl sites for hydroxylation is 1. The highest BCUT2D eigenvalue weighted by atomic mass is 35.5. The van der Waals surface area contributed by atoms with Crippen LogP contribution in [0.4, 0.5) is 0 Å². The van der Waals surface area contributed by atoms with Gasteiger partial charge in [-0.05, 0) is 44.0 Å². The molecule has 0 saturated carbocycles. The minimum Gasteiger partial charge on any atom is -0.334 e. The standard InChI is InChI=1S/C14H16ClN3O/c1-9-4-5-11(12(15)7-9)14-17-13(18-19-14)10-3-2-6-16-8-10/h4-5,7,10,16H,2-3,6,8H2,1H3. The number of benzene rings is 1. The molecule has 2 aromatic rings. The average molecular weight is 278 g/mol. The van der Waals surface area contributed by atoms with Gasteiger partial charge in [-0.25, -0.2) is 0 Å². The van der Waals surface area contributed by atoms with Crippen molar-refractivity contribution in [3.05, 3.63) is 34.6 Å². The molecule has 19 heavy (non-hydrogen) atoms. The monoisotopic (exact) mass is 277 g/mol. The van der Waals surface area contributed by atoms with Crippen molar-refractivity contribution in [2.45, 2.75) is 25.7 Å². The summed E-state index contributed by atoms with van der Waals surface area (Å²) < 4.78 is 5.35. The summed E-state index contributed by atoms with van der Waals surface area (Å²) in [6, 6.07) is 5.82. The van der Waals surface area contributed by atoms with Gasteiger partial charge in [0.1, 0.15) is 0 Å². The van der Waals surface area contributed by atoms with Gasteiger partial charge in [-0.3, -0.25) is 0 Å². The van der Waals surface area contributed by atoms with Crippen LogP contribution >= 0.6 is 11.6 Å². The Morgan fingerprint density at radius 2 is 2.32 bits per heavy atom. The summed E-state index contributed by atoms with van der Waals surface area (Å²) in [5.41, 5.74) is 1.92. The first-order valence-electron chi connectivity index (χ1n) is 6.55. The number of piperidine rings is 1. The highest BCUT2D eigenvalue weighted by Gasteiger charge is 2.21. The smallest absolute Gasteiger partial charge is 0.259 e. The van der Waals surface area contributed by atoms with Crippen LogP contribution in [0.3, 0.4) is 0 Å². The molecule has 1 atom stereocenters. The predicted octanol–water partition coefficient (Wildman–Crippen LogP) is 3.17. The van der Waals surface area contributed by atoms with E-state index in [-0.39, 0.29) is 0 Å². The van der Waals surface area contributed by atoms with Crippen LogP contribution in [0.25, 0.3) is 11.5 Å². The maximum absolute atomic E-state index is 6.22. The fraction of sp³-hybridized carbons (Fsp3) is 0.429. The van der Waals surface area contributed by atoms with Crippen LogP contribution in [-0.4, -0.2) is 23.2 Å². The lowest BCUT2D eigenvalue weighted by Crippen LogP contribution is -2.28. The summed E-state index contributed by atoms with van der Waals surface area (Å²) >= 11 is 6.22. The van der Waals surface area contributed by atoms with Crippen LogP contribution < -0.4 is 5.32 Å². The molecule has 1 aliphatic rings. The van der Waals surface area contributed by atoms with Gasteiger partial charge in [-0.1, -0.05) is 22.8 Å². The third kappa shape index (κ3) is 2.65. The van der Waals surface area contributed by atoms with E-state index < -0.39 is 0 Å². The molecule has 5 heteroatoms. The number of rotatable bonds is 2. The zero-order valence-electron chi connectivity index (χ0n) is 10.8. The molecule has 4 nitrogen and oxygen atoms in total. The maximum atomic E-state index is 6.22. The average Bonchev–Trinajstić information content (AvgIpc) is 2.89. The summed E-state index contributed by atoms with van der Waals surface area (Å²) in [6.45, 7) is 3.99. The zero-order chi connectivity index (χ0) is 13.2. The predicted molar refractivity (Wildman–Crippen MR) is 74.3 cm³/mol. The van der Waals surface area contributed by atoms with E-state index in [0.29, 0.717) is 16.8 Å². The first kappa shape index (κ1) is 12.6. The Kier molecular flexibility index (Phi) is 3.53. The molecule has 1 aliphatic heterocycles. The molecule has 1 saturated heterocycles. The topological polar surface area (TPSA) is 51.0 Å². The Labute approximate surface area is 117 Å². The summed E-state index contributed by atoms with van der Waals surface area (Å²) in [5.74, 6) is 1.62. The lowest BCUT2D eigenvalue weighted by molar-refractivity contribution is 0.393. The lowest BCUT2D eigenvalue weighted by Gasteiger charge is -2.19. The number of halogens is 1. The molecule has 1 aromatic heterocycles. The number of nitrogens with one attached hydrogen (secondary N) is 1. The van der Waals surface area contributed by atoms with Crippen molar-refractivity contribution in [3.63, 3.8) is 0 Å². The molecule has 0 spiro atoms. The van der Waals surface area contributed by atoms with E-state index in [9.17, 15) is 0 Å². The van der Waals surface area contributed by atoms with Gasteiger partial charge < -0.3 is 9.84 Å². The largest absolute Gasteiger partial charge is 0.334 e. The quantitative estimate of drug-likeness (QED) is 0.916. The van der Waals surface area contributed by atoms with Crippen LogP contribution in [0.5, 0.6) is 0 Å². The van der Waals surface area contributed by atoms with Gasteiger partial charge in [0.15, 0.2) is 5.82 Å². The normalized spacial score (nSPS) is 19.6. The highest BCUT2D eigenvalue weighted by molar-refractivity contribution is 6.33. The lowest BCUT2D eigenvalue weighted by atomic mass is 9.99. The van der Waals surface area contributed by atoms with Crippen molar-refractivity contribution in [2.24, 2.45) is 0 Å². The second kappa shape index (κ2) is 5.31. The summed E-state index contributed by atoms with van der Waals surface area (Å²) in [7, 11) is 0. The van der Waals surface area contributed by atoms with Gasteiger partial charge >= 0.3 is 0 Å².